The number of carbonyl (C=O) groups is 3. The number of alkyl halides is 1. The lowest BCUT2D eigenvalue weighted by Crippen LogP contribution is -2.52. The number of nitrogens with two attached hydrogens (primary N) is 1. The van der Waals surface area contributed by atoms with E-state index in [2.05, 4.69) is 11.9 Å². The van der Waals surface area contributed by atoms with Crippen LogP contribution in [0.4, 0.5) is 4.39 Å². The van der Waals surface area contributed by atoms with E-state index in [4.69, 9.17) is 15.2 Å². The smallest absolute Gasteiger partial charge is 0.270 e. The van der Waals surface area contributed by atoms with E-state index in [0.717, 1.165) is 23.6 Å². The normalized spacial score (nSPS) is 33.2. The van der Waals surface area contributed by atoms with Gasteiger partial charge in [0, 0.05) is 37.3 Å². The Labute approximate surface area is 274 Å². The highest BCUT2D eigenvalue weighted by molar-refractivity contribution is 7.91. The van der Waals surface area contributed by atoms with Crippen LogP contribution in [0.5, 0.6) is 11.6 Å². The van der Waals surface area contributed by atoms with Crippen molar-refractivity contribution in [3.63, 3.8) is 0 Å². The molecule has 254 valence electrons. The van der Waals surface area contributed by atoms with Gasteiger partial charge < -0.3 is 20.1 Å². The summed E-state index contributed by atoms with van der Waals surface area (Å²) in [5.41, 5.74) is 5.18. The molecule has 4 aliphatic rings. The second-order valence-electron chi connectivity index (χ2n) is 14.0. The first-order chi connectivity index (χ1) is 22.3. The van der Waals surface area contributed by atoms with Crippen LogP contribution in [-0.2, 0) is 24.4 Å². The van der Waals surface area contributed by atoms with Crippen LogP contribution < -0.4 is 19.9 Å². The minimum absolute atomic E-state index is 0.0840. The maximum absolute atomic E-state index is 14.6. The second-order valence-corrected chi connectivity index (χ2v) is 15.9. The predicted octanol–water partition coefficient (Wildman–Crippen LogP) is 3.80. The summed E-state index contributed by atoms with van der Waals surface area (Å²) < 4.78 is 53.6. The summed E-state index contributed by atoms with van der Waals surface area (Å²) in [6, 6.07) is 5.51. The molecule has 1 unspecified atom stereocenters. The summed E-state index contributed by atoms with van der Waals surface area (Å²) in [6.45, 7) is 4.12. The Morgan fingerprint density at radius 1 is 1.17 bits per heavy atom. The number of hydrogen-bond acceptors (Lipinski definition) is 9. The lowest BCUT2D eigenvalue weighted by atomic mass is 9.88. The molecule has 2 aromatic rings. The molecule has 47 heavy (non-hydrogen) atoms. The number of aromatic nitrogens is 1. The molecule has 1 aromatic carbocycles. The summed E-state index contributed by atoms with van der Waals surface area (Å²) in [7, 11) is -2.98. The topological polar surface area (TPSA) is 158 Å². The fraction of sp³-hybridized carbons (Fsp3) is 0.588. The van der Waals surface area contributed by atoms with Crippen LogP contribution in [0.25, 0.3) is 10.8 Å². The molecule has 0 spiro atoms. The summed E-state index contributed by atoms with van der Waals surface area (Å²) in [5.74, 6) is -0.918. The van der Waals surface area contributed by atoms with Crippen molar-refractivity contribution in [3.05, 3.63) is 42.6 Å². The highest BCUT2D eigenvalue weighted by Gasteiger charge is 2.64. The number of ketones is 1. The fourth-order valence-corrected chi connectivity index (χ4v) is 8.42. The number of nitrogens with one attached hydrogen (secondary N) is 1. The first-order valence-corrected chi connectivity index (χ1v) is 17.9. The van der Waals surface area contributed by atoms with E-state index >= 15 is 0 Å². The van der Waals surface area contributed by atoms with Gasteiger partial charge in [-0.25, -0.2) is 22.5 Å². The minimum Gasteiger partial charge on any atom is -0.497 e. The lowest BCUT2D eigenvalue weighted by Gasteiger charge is -2.30. The molecule has 1 saturated heterocycles. The summed E-state index contributed by atoms with van der Waals surface area (Å²) in [4.78, 5) is 47.6. The quantitative estimate of drug-likeness (QED) is 0.436. The van der Waals surface area contributed by atoms with Crippen LogP contribution in [-0.4, -0.2) is 72.7 Å². The summed E-state index contributed by atoms with van der Waals surface area (Å²) >= 11 is 0. The molecule has 3 fully saturated rings. The third kappa shape index (κ3) is 6.48. The largest absolute Gasteiger partial charge is 0.497 e. The Kier molecular flexibility index (Phi) is 8.84. The van der Waals surface area contributed by atoms with Crippen molar-refractivity contribution < 1.29 is 36.7 Å². The van der Waals surface area contributed by atoms with Gasteiger partial charge in [-0.1, -0.05) is 26.0 Å². The standard InChI is InChI=1S/C34H43FN4O7S/c1-20-6-4-5-7-23-17-33(23,32(42)38-47(43,44)34(35)11-12-34)18-28(40)27-16-25(19-39(27)31(41)29(36)21(2)14-20)46-30-26-9-8-24(45-3)15-22(26)10-13-37-30/h5,7-10,13,15,20-21,23,25,27,29H,4,6,11-12,14,16-19,36H2,1-3H3,(H,38,42)/b7-5-/t20-,21-,23-,25-,27?,29+,33-/m1/s1. The number of methoxy groups -OCH3 is 1. The Morgan fingerprint density at radius 2 is 1.94 bits per heavy atom. The zero-order chi connectivity index (χ0) is 33.7. The third-order valence-electron chi connectivity index (χ3n) is 10.4. The molecule has 2 aliphatic heterocycles. The zero-order valence-corrected chi connectivity index (χ0v) is 27.8. The average Bonchev–Trinajstić information content (AvgIpc) is 3.92. The monoisotopic (exact) mass is 670 g/mol. The van der Waals surface area contributed by atoms with Crippen molar-refractivity contribution in [1.82, 2.24) is 14.6 Å². The van der Waals surface area contributed by atoms with Crippen LogP contribution in [0.15, 0.2) is 42.6 Å². The number of sulfonamides is 1. The Balaban J connectivity index is 1.30. The van der Waals surface area contributed by atoms with Gasteiger partial charge in [0.1, 0.15) is 11.9 Å². The van der Waals surface area contributed by atoms with Crippen LogP contribution in [0.1, 0.15) is 65.2 Å². The van der Waals surface area contributed by atoms with Crippen molar-refractivity contribution in [1.29, 1.82) is 0 Å². The number of hydrogen-bond donors (Lipinski definition) is 2. The number of nitrogens with zero attached hydrogens (tertiary/aromatic N) is 2. The van der Waals surface area contributed by atoms with Crippen molar-refractivity contribution in [2.75, 3.05) is 13.7 Å². The Bertz CT molecular complexity index is 1710. The molecule has 2 aliphatic carbocycles. The molecule has 2 saturated carbocycles. The van der Waals surface area contributed by atoms with Gasteiger partial charge in [-0.15, -0.1) is 0 Å². The van der Waals surface area contributed by atoms with E-state index in [1.165, 1.54) is 4.90 Å². The van der Waals surface area contributed by atoms with Gasteiger partial charge in [-0.3, -0.25) is 14.4 Å². The number of halogens is 1. The number of carbonyl (C=O) groups excluding carboxylic acids is 3. The van der Waals surface area contributed by atoms with Crippen molar-refractivity contribution in [2.24, 2.45) is 28.9 Å². The van der Waals surface area contributed by atoms with Gasteiger partial charge in [0.15, 0.2) is 5.78 Å². The molecule has 11 nitrogen and oxygen atoms in total. The molecule has 0 radical (unpaired) electrons. The van der Waals surface area contributed by atoms with E-state index in [0.29, 0.717) is 18.1 Å². The molecule has 2 amide bonds. The molecule has 7 atom stereocenters. The van der Waals surface area contributed by atoms with E-state index < -0.39 is 56.2 Å². The molecule has 13 heteroatoms. The van der Waals surface area contributed by atoms with E-state index in [-0.39, 0.29) is 56.4 Å². The Morgan fingerprint density at radius 3 is 2.66 bits per heavy atom. The van der Waals surface area contributed by atoms with Crippen molar-refractivity contribution >= 4 is 38.4 Å². The minimum atomic E-state index is -4.56. The lowest BCUT2D eigenvalue weighted by molar-refractivity contribution is -0.140. The van der Waals surface area contributed by atoms with Gasteiger partial charge in [0.25, 0.3) is 10.0 Å². The van der Waals surface area contributed by atoms with Crippen LogP contribution >= 0.6 is 0 Å². The Hall–Kier alpha value is -3.58. The molecule has 0 bridgehead atoms. The van der Waals surface area contributed by atoms with Crippen molar-refractivity contribution in [2.45, 2.75) is 88.4 Å². The highest BCUT2D eigenvalue weighted by atomic mass is 32.2. The van der Waals surface area contributed by atoms with Gasteiger partial charge in [-0.2, -0.15) is 0 Å². The van der Waals surface area contributed by atoms with E-state index in [9.17, 15) is 27.2 Å². The maximum Gasteiger partial charge on any atom is 0.270 e. The molecule has 3 heterocycles. The highest BCUT2D eigenvalue weighted by Crippen LogP contribution is 2.57. The number of allylic oxidation sites excluding steroid dienone is 2. The third-order valence-corrected chi connectivity index (χ3v) is 12.3. The van der Waals surface area contributed by atoms with E-state index in [1.54, 1.807) is 19.4 Å². The molecule has 6 rings (SSSR count). The molecular formula is C34H43FN4O7S. The van der Waals surface area contributed by atoms with Crippen molar-refractivity contribution in [3.8, 4) is 11.6 Å². The van der Waals surface area contributed by atoms with Crippen LogP contribution in [0, 0.1) is 23.2 Å². The number of ether oxygens (including phenoxy) is 2. The maximum atomic E-state index is 14.6. The van der Waals surface area contributed by atoms with E-state index in [1.807, 2.05) is 42.0 Å². The number of amides is 2. The van der Waals surface area contributed by atoms with Crippen LogP contribution in [0.2, 0.25) is 0 Å². The van der Waals surface area contributed by atoms with Crippen LogP contribution in [0.3, 0.4) is 0 Å². The SMILES string of the molecule is COc1ccc2c(O[C@@H]3CC4C(=O)C[C@]5(C(=O)NS(=O)(=O)C6(F)CC6)C[C@H]5/C=C\CC[C@@H](C)C[C@@H](C)[C@H](N)C(=O)N4C3)nccc2c1. The van der Waals surface area contributed by atoms with Gasteiger partial charge in [-0.05, 0) is 73.1 Å². The number of Topliss-reactive ketones (excluding diaryl/α,β-unsaturated/α-hetero) is 1. The zero-order valence-electron chi connectivity index (χ0n) is 27.0. The van der Waals surface area contributed by atoms with Gasteiger partial charge >= 0.3 is 0 Å². The first kappa shape index (κ1) is 33.3. The van der Waals surface area contributed by atoms with Gasteiger partial charge in [0.05, 0.1) is 31.2 Å². The average molecular weight is 671 g/mol. The molecule has 1 aromatic heterocycles. The number of benzene rings is 1. The molecule has 3 N–H and O–H groups in total. The summed E-state index contributed by atoms with van der Waals surface area (Å²) in [6.07, 6.45) is 6.82. The predicted molar refractivity (Wildman–Crippen MR) is 172 cm³/mol. The second kappa shape index (κ2) is 12.5. The fourth-order valence-electron chi connectivity index (χ4n) is 7.16. The number of fused-ring (bicyclic) bond motifs is 3. The molecular weight excluding hydrogens is 627 g/mol. The number of pyridine rings is 1. The summed E-state index contributed by atoms with van der Waals surface area (Å²) in [5, 5.41) is -0.886. The number of rotatable bonds is 6. The first-order valence-electron chi connectivity index (χ1n) is 16.4. The van der Waals surface area contributed by atoms with Gasteiger partial charge in [0.2, 0.25) is 22.7 Å².